The maximum Gasteiger partial charge on any atom is 0.258 e. The third kappa shape index (κ3) is 6.72. The Morgan fingerprint density at radius 2 is 1.97 bits per heavy atom. The van der Waals surface area contributed by atoms with E-state index >= 15 is 0 Å². The lowest BCUT2D eigenvalue weighted by molar-refractivity contribution is -0.124. The van der Waals surface area contributed by atoms with Crippen LogP contribution in [0.25, 0.3) is 22.2 Å². The van der Waals surface area contributed by atoms with Crippen molar-refractivity contribution < 1.29 is 19.4 Å². The van der Waals surface area contributed by atoms with Crippen molar-refractivity contribution in [3.63, 3.8) is 0 Å². The van der Waals surface area contributed by atoms with Crippen LogP contribution in [0.1, 0.15) is 48.8 Å². The third-order valence-electron chi connectivity index (χ3n) is 5.51. The molecule has 0 spiro atoms. The topological polar surface area (TPSA) is 108 Å². The van der Waals surface area contributed by atoms with Crippen LogP contribution in [0.15, 0.2) is 28.7 Å². The second-order valence-corrected chi connectivity index (χ2v) is 9.88. The van der Waals surface area contributed by atoms with Gasteiger partial charge < -0.3 is 19.9 Å². The predicted octanol–water partition coefficient (Wildman–Crippen LogP) is 3.94. The minimum absolute atomic E-state index is 0.129. The molecule has 0 aliphatic carbocycles. The minimum atomic E-state index is -0.672. The second-order valence-electron chi connectivity index (χ2n) is 8.72. The van der Waals surface area contributed by atoms with Gasteiger partial charge in [-0.15, -0.1) is 21.5 Å². The van der Waals surface area contributed by atoms with Gasteiger partial charge >= 0.3 is 0 Å². The molecule has 1 aromatic carbocycles. The van der Waals surface area contributed by atoms with Crippen LogP contribution < -0.4 is 5.32 Å². The van der Waals surface area contributed by atoms with Crippen molar-refractivity contribution in [3.8, 4) is 22.2 Å². The fourth-order valence-electron chi connectivity index (χ4n) is 3.83. The monoisotopic (exact) mass is 471 g/mol. The molecular formula is C25H33N3O4S. The number of thiophene rings is 1. The maximum atomic E-state index is 11.2. The van der Waals surface area contributed by atoms with Gasteiger partial charge in [0.25, 0.3) is 5.89 Å². The molecule has 0 fully saturated rings. The lowest BCUT2D eigenvalue weighted by atomic mass is 9.92. The van der Waals surface area contributed by atoms with Gasteiger partial charge in [-0.05, 0) is 79.5 Å². The zero-order chi connectivity index (χ0) is 24.0. The molecule has 0 aliphatic rings. The highest BCUT2D eigenvalue weighted by atomic mass is 32.1. The summed E-state index contributed by atoms with van der Waals surface area (Å²) in [6.45, 7) is 8.11. The smallest absolute Gasteiger partial charge is 0.258 e. The second kappa shape index (κ2) is 11.5. The van der Waals surface area contributed by atoms with E-state index in [1.165, 1.54) is 16.0 Å². The minimum Gasteiger partial charge on any atom is -0.415 e. The van der Waals surface area contributed by atoms with E-state index in [0.29, 0.717) is 30.5 Å². The molecule has 8 heteroatoms. The number of aryl methyl sites for hydroxylation is 2. The van der Waals surface area contributed by atoms with E-state index in [-0.39, 0.29) is 6.54 Å². The Morgan fingerprint density at radius 3 is 2.67 bits per heavy atom. The third-order valence-corrected chi connectivity index (χ3v) is 6.60. The van der Waals surface area contributed by atoms with Gasteiger partial charge in [-0.3, -0.25) is 4.79 Å². The van der Waals surface area contributed by atoms with E-state index in [0.717, 1.165) is 28.8 Å². The molecule has 0 saturated heterocycles. The van der Waals surface area contributed by atoms with Crippen molar-refractivity contribution in [2.45, 2.75) is 59.5 Å². The summed E-state index contributed by atoms with van der Waals surface area (Å²) in [5, 5.41) is 30.0. The number of nitrogens with zero attached hydrogens (tertiary/aromatic N) is 2. The van der Waals surface area contributed by atoms with Crippen LogP contribution >= 0.6 is 11.3 Å². The van der Waals surface area contributed by atoms with Crippen LogP contribution in [0.5, 0.6) is 0 Å². The summed E-state index contributed by atoms with van der Waals surface area (Å²) in [6.07, 6.45) is 2.41. The molecule has 0 radical (unpaired) electrons. The Labute approximate surface area is 198 Å². The first-order chi connectivity index (χ1) is 15.8. The van der Waals surface area contributed by atoms with Crippen molar-refractivity contribution in [2.24, 2.45) is 5.92 Å². The molecule has 1 amide bonds. The predicted molar refractivity (Wildman–Crippen MR) is 130 cm³/mol. The van der Waals surface area contributed by atoms with Crippen molar-refractivity contribution in [1.29, 1.82) is 0 Å². The van der Waals surface area contributed by atoms with Crippen LogP contribution in [0, 0.1) is 12.8 Å². The number of hydrogen-bond donors (Lipinski definition) is 3. The Kier molecular flexibility index (Phi) is 8.77. The molecule has 2 aromatic heterocycles. The number of carbonyl (C=O) groups is 1. The maximum absolute atomic E-state index is 11.2. The molecule has 0 saturated carbocycles. The number of aliphatic hydroxyl groups excluding tert-OH is 2. The van der Waals surface area contributed by atoms with Crippen molar-refractivity contribution >= 4 is 17.2 Å². The molecule has 0 bridgehead atoms. The molecular weight excluding hydrogens is 438 g/mol. The molecule has 3 aromatic rings. The van der Waals surface area contributed by atoms with E-state index in [4.69, 9.17) is 9.52 Å². The highest BCUT2D eigenvalue weighted by Gasteiger charge is 2.17. The molecule has 7 nitrogen and oxygen atoms in total. The molecule has 3 N–H and O–H groups in total. The van der Waals surface area contributed by atoms with Crippen LogP contribution in [-0.2, 0) is 24.1 Å². The molecule has 0 aliphatic heterocycles. The van der Waals surface area contributed by atoms with Gasteiger partial charge in [0.05, 0.1) is 11.0 Å². The lowest BCUT2D eigenvalue weighted by Crippen LogP contribution is -2.34. The van der Waals surface area contributed by atoms with E-state index in [2.05, 4.69) is 48.4 Å². The molecule has 2 heterocycles. The Morgan fingerprint density at radius 1 is 1.21 bits per heavy atom. The standard InChI is InChI=1S/C25H33N3O4S/c1-5-17-12-18(11-16(4)21(17)8-6-19(30)13-26-23(31)14-29)24-27-28-25(32-24)22-9-7-20(33-22)10-15(2)3/h7,9,11-12,15,19,29-30H,5-6,8,10,13-14H2,1-4H3,(H,26,31)/t19-/m0/s1. The Bertz CT molecular complexity index is 1070. The molecule has 0 unspecified atom stereocenters. The normalized spacial score (nSPS) is 12.3. The highest BCUT2D eigenvalue weighted by Crippen LogP contribution is 2.32. The number of carbonyl (C=O) groups excluding carboxylic acids is 1. The zero-order valence-corrected chi connectivity index (χ0v) is 20.5. The van der Waals surface area contributed by atoms with E-state index in [1.807, 2.05) is 19.1 Å². The fraction of sp³-hybridized carbons (Fsp3) is 0.480. The van der Waals surface area contributed by atoms with Crippen LogP contribution in [-0.4, -0.2) is 45.6 Å². The summed E-state index contributed by atoms with van der Waals surface area (Å²) in [5.41, 5.74) is 4.35. The number of nitrogens with one attached hydrogen (secondary N) is 1. The van der Waals surface area contributed by atoms with Gasteiger partial charge in [0.1, 0.15) is 6.61 Å². The SMILES string of the molecule is CCc1cc(-c2nnc(-c3ccc(CC(C)C)s3)o2)cc(C)c1CC[C@H](O)CNC(=O)CO. The summed E-state index contributed by atoms with van der Waals surface area (Å²) >= 11 is 1.69. The summed E-state index contributed by atoms with van der Waals surface area (Å²) in [5.74, 6) is 1.16. The average Bonchev–Trinajstić information content (AvgIpc) is 3.45. The van der Waals surface area contributed by atoms with Crippen LogP contribution in [0.3, 0.4) is 0 Å². The Hall–Kier alpha value is -2.55. The van der Waals surface area contributed by atoms with Crippen LogP contribution in [0.4, 0.5) is 0 Å². The first-order valence-corrected chi connectivity index (χ1v) is 12.2. The Balaban J connectivity index is 1.73. The number of aliphatic hydroxyl groups is 2. The van der Waals surface area contributed by atoms with Gasteiger partial charge in [0, 0.05) is 17.0 Å². The van der Waals surface area contributed by atoms with Crippen molar-refractivity contribution in [1.82, 2.24) is 15.5 Å². The van der Waals surface area contributed by atoms with Gasteiger partial charge in [0.2, 0.25) is 11.8 Å². The number of benzene rings is 1. The molecule has 33 heavy (non-hydrogen) atoms. The fourth-order valence-corrected chi connectivity index (χ4v) is 4.97. The number of rotatable bonds is 11. The van der Waals surface area contributed by atoms with E-state index < -0.39 is 18.6 Å². The highest BCUT2D eigenvalue weighted by molar-refractivity contribution is 7.15. The summed E-state index contributed by atoms with van der Waals surface area (Å²) in [7, 11) is 0. The number of aromatic nitrogens is 2. The van der Waals surface area contributed by atoms with E-state index in [9.17, 15) is 9.90 Å². The van der Waals surface area contributed by atoms with Gasteiger partial charge in [0.15, 0.2) is 0 Å². The first-order valence-electron chi connectivity index (χ1n) is 11.4. The molecule has 178 valence electrons. The zero-order valence-electron chi connectivity index (χ0n) is 19.7. The van der Waals surface area contributed by atoms with Gasteiger partial charge in [-0.2, -0.15) is 0 Å². The van der Waals surface area contributed by atoms with Crippen molar-refractivity contribution in [2.75, 3.05) is 13.2 Å². The summed E-state index contributed by atoms with van der Waals surface area (Å²) in [4.78, 5) is 13.5. The summed E-state index contributed by atoms with van der Waals surface area (Å²) in [6, 6.07) is 8.30. The number of amides is 1. The van der Waals surface area contributed by atoms with Gasteiger partial charge in [-0.25, -0.2) is 0 Å². The molecule has 1 atom stereocenters. The lowest BCUT2D eigenvalue weighted by Gasteiger charge is -2.16. The van der Waals surface area contributed by atoms with E-state index in [1.54, 1.807) is 11.3 Å². The quantitative estimate of drug-likeness (QED) is 0.391. The summed E-state index contributed by atoms with van der Waals surface area (Å²) < 4.78 is 6.02. The molecule has 3 rings (SSSR count). The van der Waals surface area contributed by atoms with Crippen molar-refractivity contribution in [3.05, 3.63) is 45.8 Å². The number of hydrogen-bond acceptors (Lipinski definition) is 7. The first kappa shape index (κ1) is 25.1. The average molecular weight is 472 g/mol. The largest absolute Gasteiger partial charge is 0.415 e. The van der Waals surface area contributed by atoms with Crippen LogP contribution in [0.2, 0.25) is 0 Å². The van der Waals surface area contributed by atoms with Gasteiger partial charge in [-0.1, -0.05) is 20.8 Å².